The van der Waals surface area contributed by atoms with E-state index in [4.69, 9.17) is 4.74 Å². The summed E-state index contributed by atoms with van der Waals surface area (Å²) in [4.78, 5) is 21.7. The third-order valence-electron chi connectivity index (χ3n) is 2.99. The summed E-state index contributed by atoms with van der Waals surface area (Å²) in [6.07, 6.45) is 1.05. The van der Waals surface area contributed by atoms with Crippen molar-refractivity contribution in [3.63, 3.8) is 0 Å². The SMILES string of the molecule is O=C(O[C@H]1CCCC1O)c1ccc([N+](=O)[O-])cc1. The Balaban J connectivity index is 2.02. The number of non-ortho nitro benzene ring substituents is 1. The third-order valence-corrected chi connectivity index (χ3v) is 2.99. The maximum atomic E-state index is 11.7. The average molecular weight is 251 g/mol. The van der Waals surface area contributed by atoms with Crippen LogP contribution in [-0.2, 0) is 4.74 Å². The van der Waals surface area contributed by atoms with Crippen LogP contribution in [0.15, 0.2) is 24.3 Å². The molecule has 0 heterocycles. The predicted octanol–water partition coefficient (Wildman–Crippen LogP) is 1.66. The number of benzene rings is 1. The second-order valence-corrected chi connectivity index (χ2v) is 4.25. The van der Waals surface area contributed by atoms with Crippen LogP contribution in [0, 0.1) is 10.1 Å². The van der Waals surface area contributed by atoms with Gasteiger partial charge in [-0.3, -0.25) is 10.1 Å². The molecular weight excluding hydrogens is 238 g/mol. The summed E-state index contributed by atoms with van der Waals surface area (Å²) in [6.45, 7) is 0. The summed E-state index contributed by atoms with van der Waals surface area (Å²) < 4.78 is 5.15. The van der Waals surface area contributed by atoms with Crippen molar-refractivity contribution < 1.29 is 19.6 Å². The highest BCUT2D eigenvalue weighted by atomic mass is 16.6. The first-order chi connectivity index (χ1) is 8.58. The summed E-state index contributed by atoms with van der Waals surface area (Å²) >= 11 is 0. The number of carbonyl (C=O) groups is 1. The molecule has 1 aliphatic carbocycles. The molecule has 1 saturated carbocycles. The summed E-state index contributed by atoms with van der Waals surface area (Å²) in [5, 5.41) is 20.0. The highest BCUT2D eigenvalue weighted by Gasteiger charge is 2.29. The zero-order valence-electron chi connectivity index (χ0n) is 9.61. The van der Waals surface area contributed by atoms with E-state index in [9.17, 15) is 20.0 Å². The lowest BCUT2D eigenvalue weighted by atomic mass is 10.2. The van der Waals surface area contributed by atoms with E-state index < -0.39 is 23.1 Å². The van der Waals surface area contributed by atoms with Crippen molar-refractivity contribution in [2.45, 2.75) is 31.5 Å². The monoisotopic (exact) mass is 251 g/mol. The van der Waals surface area contributed by atoms with Crippen LogP contribution in [0.3, 0.4) is 0 Å². The number of carbonyl (C=O) groups excluding carboxylic acids is 1. The van der Waals surface area contributed by atoms with E-state index in [2.05, 4.69) is 0 Å². The minimum atomic E-state index is -0.605. The van der Waals surface area contributed by atoms with Crippen molar-refractivity contribution in [1.29, 1.82) is 0 Å². The smallest absolute Gasteiger partial charge is 0.338 e. The van der Waals surface area contributed by atoms with Gasteiger partial charge in [-0.15, -0.1) is 0 Å². The quantitative estimate of drug-likeness (QED) is 0.501. The van der Waals surface area contributed by atoms with E-state index in [1.54, 1.807) is 0 Å². The average Bonchev–Trinajstić information content (AvgIpc) is 2.75. The van der Waals surface area contributed by atoms with Gasteiger partial charge in [-0.2, -0.15) is 0 Å². The summed E-state index contributed by atoms with van der Waals surface area (Å²) in [7, 11) is 0. The fourth-order valence-corrected chi connectivity index (χ4v) is 1.97. The fraction of sp³-hybridized carbons (Fsp3) is 0.417. The Morgan fingerprint density at radius 3 is 2.50 bits per heavy atom. The molecule has 6 nitrogen and oxygen atoms in total. The molecule has 0 radical (unpaired) electrons. The Hall–Kier alpha value is -1.95. The molecule has 1 aromatic rings. The van der Waals surface area contributed by atoms with Gasteiger partial charge in [0.2, 0.25) is 0 Å². The summed E-state index contributed by atoms with van der Waals surface area (Å²) in [5.41, 5.74) is 0.173. The van der Waals surface area contributed by atoms with Crippen LogP contribution in [0.25, 0.3) is 0 Å². The lowest BCUT2D eigenvalue weighted by Crippen LogP contribution is -2.25. The van der Waals surface area contributed by atoms with E-state index in [-0.39, 0.29) is 11.3 Å². The number of hydrogen-bond acceptors (Lipinski definition) is 5. The maximum absolute atomic E-state index is 11.7. The molecule has 0 saturated heterocycles. The molecule has 2 atom stereocenters. The number of nitro groups is 1. The minimum Gasteiger partial charge on any atom is -0.456 e. The van der Waals surface area contributed by atoms with Gasteiger partial charge in [0, 0.05) is 12.1 Å². The molecule has 1 fully saturated rings. The topological polar surface area (TPSA) is 89.7 Å². The van der Waals surface area contributed by atoms with E-state index >= 15 is 0 Å². The van der Waals surface area contributed by atoms with Crippen LogP contribution in [0.1, 0.15) is 29.6 Å². The Morgan fingerprint density at radius 1 is 1.33 bits per heavy atom. The molecule has 96 valence electrons. The van der Waals surface area contributed by atoms with Crippen molar-refractivity contribution >= 4 is 11.7 Å². The second kappa shape index (κ2) is 5.14. The lowest BCUT2D eigenvalue weighted by Gasteiger charge is -2.15. The standard InChI is InChI=1S/C12H13NO5/c14-10-2-1-3-11(10)18-12(15)8-4-6-9(7-5-8)13(16)17/h4-7,10-11,14H,1-3H2/t10?,11-/m0/s1. The number of nitrogens with zero attached hydrogens (tertiary/aromatic N) is 1. The number of hydrogen-bond donors (Lipinski definition) is 1. The molecule has 2 rings (SSSR count). The first-order valence-electron chi connectivity index (χ1n) is 5.71. The van der Waals surface area contributed by atoms with Gasteiger partial charge in [0.15, 0.2) is 0 Å². The van der Waals surface area contributed by atoms with Gasteiger partial charge in [0.1, 0.15) is 6.10 Å². The fourth-order valence-electron chi connectivity index (χ4n) is 1.97. The Kier molecular flexibility index (Phi) is 3.57. The van der Waals surface area contributed by atoms with Crippen LogP contribution in [0.5, 0.6) is 0 Å². The van der Waals surface area contributed by atoms with E-state index in [1.165, 1.54) is 24.3 Å². The normalized spacial score (nSPS) is 22.7. The molecular formula is C12H13NO5. The van der Waals surface area contributed by atoms with Gasteiger partial charge in [-0.25, -0.2) is 4.79 Å². The zero-order chi connectivity index (χ0) is 13.1. The summed E-state index contributed by atoms with van der Waals surface area (Å²) in [6, 6.07) is 5.20. The molecule has 1 aromatic carbocycles. The number of esters is 1. The highest BCUT2D eigenvalue weighted by molar-refractivity contribution is 5.89. The highest BCUT2D eigenvalue weighted by Crippen LogP contribution is 2.23. The Bertz CT molecular complexity index is 456. The van der Waals surface area contributed by atoms with Crippen molar-refractivity contribution in [1.82, 2.24) is 0 Å². The molecule has 6 heteroatoms. The van der Waals surface area contributed by atoms with Gasteiger partial charge in [-0.1, -0.05) is 0 Å². The van der Waals surface area contributed by atoms with Crippen molar-refractivity contribution in [3.8, 4) is 0 Å². The maximum Gasteiger partial charge on any atom is 0.338 e. The predicted molar refractivity (Wildman–Crippen MR) is 62.2 cm³/mol. The van der Waals surface area contributed by atoms with Crippen LogP contribution in [0.4, 0.5) is 5.69 Å². The van der Waals surface area contributed by atoms with Crippen LogP contribution < -0.4 is 0 Å². The van der Waals surface area contributed by atoms with Crippen LogP contribution in [0.2, 0.25) is 0 Å². The van der Waals surface area contributed by atoms with Gasteiger partial charge >= 0.3 is 5.97 Å². The van der Waals surface area contributed by atoms with Crippen molar-refractivity contribution in [2.24, 2.45) is 0 Å². The number of rotatable bonds is 3. The molecule has 1 aliphatic rings. The Morgan fingerprint density at radius 2 is 2.00 bits per heavy atom. The first kappa shape index (κ1) is 12.5. The number of aliphatic hydroxyl groups excluding tert-OH is 1. The molecule has 0 bridgehead atoms. The van der Waals surface area contributed by atoms with E-state index in [1.807, 2.05) is 0 Å². The minimum absolute atomic E-state index is 0.0764. The van der Waals surface area contributed by atoms with Crippen molar-refractivity contribution in [2.75, 3.05) is 0 Å². The zero-order valence-corrected chi connectivity index (χ0v) is 9.61. The molecule has 18 heavy (non-hydrogen) atoms. The molecule has 1 N–H and O–H groups in total. The molecule has 0 spiro atoms. The van der Waals surface area contributed by atoms with Gasteiger partial charge in [0.05, 0.1) is 16.6 Å². The van der Waals surface area contributed by atoms with Crippen LogP contribution in [-0.4, -0.2) is 28.2 Å². The second-order valence-electron chi connectivity index (χ2n) is 4.25. The van der Waals surface area contributed by atoms with Gasteiger partial charge < -0.3 is 9.84 Å². The largest absolute Gasteiger partial charge is 0.456 e. The van der Waals surface area contributed by atoms with E-state index in [0.717, 1.165) is 6.42 Å². The molecule has 0 aliphatic heterocycles. The van der Waals surface area contributed by atoms with E-state index in [0.29, 0.717) is 12.8 Å². The van der Waals surface area contributed by atoms with Gasteiger partial charge in [-0.05, 0) is 31.4 Å². The lowest BCUT2D eigenvalue weighted by molar-refractivity contribution is -0.384. The first-order valence-corrected chi connectivity index (χ1v) is 5.71. The molecule has 0 aromatic heterocycles. The number of nitro benzene ring substituents is 1. The summed E-state index contributed by atoms with van der Waals surface area (Å²) in [5.74, 6) is -0.559. The number of ether oxygens (including phenoxy) is 1. The van der Waals surface area contributed by atoms with Crippen LogP contribution >= 0.6 is 0 Å². The third kappa shape index (κ3) is 2.65. The number of aliphatic hydroxyl groups is 1. The molecule has 0 amide bonds. The van der Waals surface area contributed by atoms with Crippen molar-refractivity contribution in [3.05, 3.63) is 39.9 Å². The van der Waals surface area contributed by atoms with Gasteiger partial charge in [0.25, 0.3) is 5.69 Å². The Labute approximate surface area is 103 Å². The molecule has 1 unspecified atom stereocenters.